The first-order chi connectivity index (χ1) is 12.5. The summed E-state index contributed by atoms with van der Waals surface area (Å²) in [5, 5.41) is 1.07. The second kappa shape index (κ2) is 6.37. The molecule has 1 unspecified atom stereocenters. The third-order valence-corrected chi connectivity index (χ3v) is 6.23. The van der Waals surface area contributed by atoms with Crippen LogP contribution < -0.4 is 4.74 Å². The van der Waals surface area contributed by atoms with E-state index >= 15 is 0 Å². The molecule has 1 N–H and O–H groups in total. The maximum atomic E-state index is 12.1. The van der Waals surface area contributed by atoms with Crippen LogP contribution in [0.4, 0.5) is 0 Å². The second-order valence-electron chi connectivity index (χ2n) is 6.64. The Morgan fingerprint density at radius 1 is 1.15 bits per heavy atom. The van der Waals surface area contributed by atoms with Crippen LogP contribution in [0.5, 0.6) is 5.75 Å². The van der Waals surface area contributed by atoms with Crippen LogP contribution in [0.1, 0.15) is 11.1 Å². The molecule has 5 nitrogen and oxygen atoms in total. The van der Waals surface area contributed by atoms with Gasteiger partial charge in [-0.1, -0.05) is 12.1 Å². The molecule has 1 aromatic heterocycles. The molecule has 3 aromatic rings. The van der Waals surface area contributed by atoms with Gasteiger partial charge < -0.3 is 4.74 Å². The lowest BCUT2D eigenvalue weighted by Crippen LogP contribution is -2.34. The van der Waals surface area contributed by atoms with Crippen LogP contribution in [0, 0.1) is 4.78 Å². The lowest BCUT2D eigenvalue weighted by molar-refractivity contribution is 0.415. The Morgan fingerprint density at radius 2 is 2.00 bits per heavy atom. The molecule has 0 saturated heterocycles. The molecule has 26 heavy (non-hydrogen) atoms. The van der Waals surface area contributed by atoms with E-state index in [1.54, 1.807) is 11.4 Å². The number of nitrogens with one attached hydrogen (secondary N) is 1. The van der Waals surface area contributed by atoms with Crippen LogP contribution in [0.2, 0.25) is 0 Å². The van der Waals surface area contributed by atoms with E-state index in [-0.39, 0.29) is 0 Å². The molecule has 0 aliphatic carbocycles. The molecule has 0 bridgehead atoms. The molecule has 0 saturated carbocycles. The number of rotatable bonds is 3. The summed E-state index contributed by atoms with van der Waals surface area (Å²) in [6.45, 7) is 1.22. The molecule has 0 amide bonds. The number of aromatic nitrogens is 1. The summed E-state index contributed by atoms with van der Waals surface area (Å²) >= 11 is 0. The zero-order chi connectivity index (χ0) is 18.3. The fourth-order valence-electron chi connectivity index (χ4n) is 3.50. The Morgan fingerprint density at radius 3 is 2.77 bits per heavy atom. The third kappa shape index (κ3) is 3.06. The van der Waals surface area contributed by atoms with Gasteiger partial charge in [-0.15, -0.1) is 0 Å². The van der Waals surface area contributed by atoms with Crippen LogP contribution in [-0.2, 0) is 22.9 Å². The van der Waals surface area contributed by atoms with Gasteiger partial charge in [-0.2, -0.15) is 0 Å². The Bertz CT molecular complexity index is 1090. The van der Waals surface area contributed by atoms with E-state index in [0.717, 1.165) is 39.8 Å². The van der Waals surface area contributed by atoms with E-state index in [0.29, 0.717) is 13.1 Å². The Hall–Kier alpha value is -2.44. The normalized spacial score (nSPS) is 16.8. The number of methoxy groups -OCH3 is 1. The van der Waals surface area contributed by atoms with Gasteiger partial charge in [0.05, 0.1) is 12.6 Å². The first-order valence-electron chi connectivity index (χ1n) is 8.49. The fourth-order valence-corrected chi connectivity index (χ4v) is 4.33. The Labute approximate surface area is 153 Å². The maximum Gasteiger partial charge on any atom is 0.121 e. The summed E-state index contributed by atoms with van der Waals surface area (Å²) in [5.74, 6) is 0.788. The quantitative estimate of drug-likeness (QED) is 0.764. The smallest absolute Gasteiger partial charge is 0.121 e. The van der Waals surface area contributed by atoms with Crippen molar-refractivity contribution in [3.05, 3.63) is 59.8 Å². The summed E-state index contributed by atoms with van der Waals surface area (Å²) in [6.07, 6.45) is 4.13. The molecule has 1 aliphatic rings. The van der Waals surface area contributed by atoms with Crippen LogP contribution in [0.25, 0.3) is 22.0 Å². The van der Waals surface area contributed by atoms with E-state index in [1.807, 2.05) is 30.5 Å². The van der Waals surface area contributed by atoms with E-state index in [2.05, 4.69) is 23.2 Å². The first-order valence-corrected chi connectivity index (χ1v) is 10.4. The molecule has 134 valence electrons. The van der Waals surface area contributed by atoms with Gasteiger partial charge >= 0.3 is 0 Å². The van der Waals surface area contributed by atoms with Crippen LogP contribution in [0.15, 0.2) is 48.7 Å². The van der Waals surface area contributed by atoms with Crippen molar-refractivity contribution in [2.45, 2.75) is 13.0 Å². The van der Waals surface area contributed by atoms with Crippen LogP contribution in [-0.4, -0.2) is 33.4 Å². The van der Waals surface area contributed by atoms with Crippen LogP contribution in [0.3, 0.4) is 0 Å². The van der Waals surface area contributed by atoms with Crippen molar-refractivity contribution in [3.8, 4) is 16.9 Å². The number of ether oxygens (including phenoxy) is 1. The second-order valence-corrected chi connectivity index (χ2v) is 8.76. The monoisotopic (exact) mass is 367 g/mol. The van der Waals surface area contributed by atoms with Crippen molar-refractivity contribution < 1.29 is 8.95 Å². The number of hydrogen-bond acceptors (Lipinski definition) is 4. The lowest BCUT2D eigenvalue weighted by Gasteiger charge is -2.28. The minimum atomic E-state index is -2.68. The number of hydrogen-bond donors (Lipinski definition) is 1. The molecule has 0 spiro atoms. The summed E-state index contributed by atoms with van der Waals surface area (Å²) in [6, 6.07) is 14.4. The van der Waals surface area contributed by atoms with Gasteiger partial charge in [0.1, 0.15) is 15.7 Å². The van der Waals surface area contributed by atoms with Gasteiger partial charge in [-0.05, 0) is 52.9 Å². The molecule has 6 heteroatoms. The Kier molecular flexibility index (Phi) is 4.17. The zero-order valence-corrected chi connectivity index (χ0v) is 15.7. The topological polar surface area (TPSA) is 66.3 Å². The van der Waals surface area contributed by atoms with Crippen LogP contribution >= 0.6 is 0 Å². The number of benzene rings is 2. The fraction of sp³-hybridized carbons (Fsp3) is 0.250. The zero-order valence-electron chi connectivity index (χ0n) is 14.9. The highest BCUT2D eigenvalue weighted by atomic mass is 32.2. The SMILES string of the molecule is COc1ccc2c(-c3ccc4c(c3)CN(S(C)(=N)=O)CC4)ccnc2c1. The number of fused-ring (bicyclic) bond motifs is 2. The third-order valence-electron chi connectivity index (χ3n) is 4.94. The van der Waals surface area contributed by atoms with Gasteiger partial charge in [0.25, 0.3) is 0 Å². The highest BCUT2D eigenvalue weighted by Crippen LogP contribution is 2.32. The van der Waals surface area contributed by atoms with Gasteiger partial charge in [0.2, 0.25) is 0 Å². The van der Waals surface area contributed by atoms with E-state index in [9.17, 15) is 4.21 Å². The minimum Gasteiger partial charge on any atom is -0.497 e. The molecular weight excluding hydrogens is 346 g/mol. The average molecular weight is 367 g/mol. The van der Waals surface area contributed by atoms with Crippen molar-refractivity contribution in [2.24, 2.45) is 0 Å². The largest absolute Gasteiger partial charge is 0.497 e. The maximum absolute atomic E-state index is 12.1. The van der Waals surface area contributed by atoms with Gasteiger partial charge in [-0.3, -0.25) is 4.98 Å². The highest BCUT2D eigenvalue weighted by molar-refractivity contribution is 7.89. The van der Waals surface area contributed by atoms with Crippen molar-refractivity contribution in [1.82, 2.24) is 9.29 Å². The van der Waals surface area contributed by atoms with Crippen molar-refractivity contribution >= 4 is 20.8 Å². The first kappa shape index (κ1) is 17.0. The highest BCUT2D eigenvalue weighted by Gasteiger charge is 2.21. The van der Waals surface area contributed by atoms with Crippen molar-refractivity contribution in [2.75, 3.05) is 19.9 Å². The van der Waals surface area contributed by atoms with Gasteiger partial charge in [-0.25, -0.2) is 13.3 Å². The summed E-state index contributed by atoms with van der Waals surface area (Å²) in [4.78, 5) is 4.46. The molecule has 2 aromatic carbocycles. The van der Waals surface area contributed by atoms with Crippen molar-refractivity contribution in [3.63, 3.8) is 0 Å². The molecule has 0 fully saturated rings. The molecular formula is C20H21N3O2S. The number of pyridine rings is 1. The van der Waals surface area contributed by atoms with Crippen molar-refractivity contribution in [1.29, 1.82) is 4.78 Å². The average Bonchev–Trinajstić information content (AvgIpc) is 2.65. The number of nitrogens with zero attached hydrogens (tertiary/aromatic N) is 2. The standard InChI is InChI=1S/C20H21N3O2S/c1-25-17-5-6-19-18(7-9-22-20(19)12-17)15-4-3-14-8-10-23(26(2,21)24)13-16(14)11-15/h3-7,9,11-12,21H,8,10,13H2,1-2H3. The predicted molar refractivity (Wildman–Crippen MR) is 105 cm³/mol. The van der Waals surface area contributed by atoms with Gasteiger partial charge in [0, 0.05) is 37.0 Å². The van der Waals surface area contributed by atoms with Gasteiger partial charge in [0.15, 0.2) is 0 Å². The lowest BCUT2D eigenvalue weighted by atomic mass is 9.94. The summed E-state index contributed by atoms with van der Waals surface area (Å²) < 4.78 is 27.0. The molecule has 2 heterocycles. The van der Waals surface area contributed by atoms with E-state index in [1.165, 1.54) is 11.8 Å². The predicted octanol–water partition coefficient (Wildman–Crippen LogP) is 3.86. The summed E-state index contributed by atoms with van der Waals surface area (Å²) in [7, 11) is -1.03. The molecule has 1 aliphatic heterocycles. The minimum absolute atomic E-state index is 0.554. The molecule has 4 rings (SSSR count). The van der Waals surface area contributed by atoms with E-state index < -0.39 is 9.92 Å². The van der Waals surface area contributed by atoms with E-state index in [4.69, 9.17) is 9.52 Å². The summed E-state index contributed by atoms with van der Waals surface area (Å²) in [5.41, 5.74) is 5.53. The Balaban J connectivity index is 1.79. The molecule has 1 atom stereocenters. The molecule has 0 radical (unpaired) electrons.